The minimum atomic E-state index is -4.86. The van der Waals surface area contributed by atoms with E-state index in [2.05, 4.69) is 10.3 Å². The van der Waals surface area contributed by atoms with Gasteiger partial charge in [-0.05, 0) is 25.1 Å². The summed E-state index contributed by atoms with van der Waals surface area (Å²) in [6.45, 7) is 1.69. The number of halogens is 4. The summed E-state index contributed by atoms with van der Waals surface area (Å²) >= 11 is 1.33. The van der Waals surface area contributed by atoms with Crippen molar-refractivity contribution in [3.8, 4) is 0 Å². The SMILES string of the molecule is Cc1cc(=O)n2c(n1)SCC2CC(=O)Nc1ccc(F)c(C(F)(F)F)c1. The summed E-state index contributed by atoms with van der Waals surface area (Å²) in [6, 6.07) is 3.16. The molecule has 10 heteroatoms. The van der Waals surface area contributed by atoms with E-state index in [1.54, 1.807) is 6.92 Å². The molecule has 2 aromatic rings. The van der Waals surface area contributed by atoms with Crippen molar-refractivity contribution >= 4 is 23.4 Å². The molecule has 0 radical (unpaired) electrons. The highest BCUT2D eigenvalue weighted by Crippen LogP contribution is 2.34. The number of aromatic nitrogens is 2. The quantitative estimate of drug-likeness (QED) is 0.648. The van der Waals surface area contributed by atoms with Gasteiger partial charge in [-0.15, -0.1) is 0 Å². The first-order chi connectivity index (χ1) is 12.1. The Morgan fingerprint density at radius 2 is 2.12 bits per heavy atom. The van der Waals surface area contributed by atoms with Gasteiger partial charge in [0.1, 0.15) is 5.82 Å². The summed E-state index contributed by atoms with van der Waals surface area (Å²) in [4.78, 5) is 28.5. The fraction of sp³-hybridized carbons (Fsp3) is 0.312. The molecule has 5 nitrogen and oxygen atoms in total. The molecule has 26 heavy (non-hydrogen) atoms. The molecule has 1 aliphatic rings. The summed E-state index contributed by atoms with van der Waals surface area (Å²) in [5.74, 6) is -1.53. The predicted molar refractivity (Wildman–Crippen MR) is 87.6 cm³/mol. The van der Waals surface area contributed by atoms with E-state index in [9.17, 15) is 27.2 Å². The fourth-order valence-electron chi connectivity index (χ4n) is 2.66. The van der Waals surface area contributed by atoms with Gasteiger partial charge in [-0.1, -0.05) is 11.8 Å². The molecule has 1 amide bonds. The average molecular weight is 387 g/mol. The first-order valence-electron chi connectivity index (χ1n) is 7.55. The maximum absolute atomic E-state index is 13.3. The second-order valence-electron chi connectivity index (χ2n) is 5.80. The number of carbonyl (C=O) groups is 1. The van der Waals surface area contributed by atoms with Crippen LogP contribution in [-0.2, 0) is 11.0 Å². The number of hydrogen-bond acceptors (Lipinski definition) is 4. The minimum absolute atomic E-state index is 0.108. The molecular formula is C16H13F4N3O2S. The Labute approximate surface area is 149 Å². The summed E-state index contributed by atoms with van der Waals surface area (Å²) < 4.78 is 52.9. The smallest absolute Gasteiger partial charge is 0.326 e. The van der Waals surface area contributed by atoms with Gasteiger partial charge in [-0.3, -0.25) is 14.2 Å². The van der Waals surface area contributed by atoms with Crippen LogP contribution in [0, 0.1) is 12.7 Å². The lowest BCUT2D eigenvalue weighted by atomic mass is 10.1. The maximum atomic E-state index is 13.3. The molecule has 0 spiro atoms. The molecule has 0 saturated carbocycles. The number of thioether (sulfide) groups is 1. The van der Waals surface area contributed by atoms with Crippen molar-refractivity contribution < 1.29 is 22.4 Å². The lowest BCUT2D eigenvalue weighted by Gasteiger charge is -2.14. The normalized spacial score (nSPS) is 16.4. The van der Waals surface area contributed by atoms with Crippen molar-refractivity contribution in [3.05, 3.63) is 51.7 Å². The largest absolute Gasteiger partial charge is 0.419 e. The van der Waals surface area contributed by atoms with Gasteiger partial charge in [0, 0.05) is 29.6 Å². The number of carbonyl (C=O) groups excluding carboxylic acids is 1. The molecule has 138 valence electrons. The molecule has 3 rings (SSSR count). The first kappa shape index (κ1) is 18.4. The first-order valence-corrected chi connectivity index (χ1v) is 8.53. The van der Waals surface area contributed by atoms with E-state index in [-0.39, 0.29) is 17.7 Å². The molecule has 0 aliphatic carbocycles. The topological polar surface area (TPSA) is 64.0 Å². The van der Waals surface area contributed by atoms with Crippen LogP contribution in [0.2, 0.25) is 0 Å². The molecule has 2 heterocycles. The Morgan fingerprint density at radius 1 is 1.38 bits per heavy atom. The molecule has 0 bridgehead atoms. The summed E-state index contributed by atoms with van der Waals surface area (Å²) in [6.07, 6.45) is -4.97. The zero-order valence-electron chi connectivity index (χ0n) is 13.4. The molecule has 1 aliphatic heterocycles. The number of amides is 1. The van der Waals surface area contributed by atoms with Gasteiger partial charge < -0.3 is 5.32 Å². The zero-order chi connectivity index (χ0) is 19.1. The van der Waals surface area contributed by atoms with E-state index in [4.69, 9.17) is 0 Å². The molecule has 1 aromatic heterocycles. The number of nitrogens with one attached hydrogen (secondary N) is 1. The second kappa shape index (κ2) is 6.75. The molecule has 1 aromatic carbocycles. The zero-order valence-corrected chi connectivity index (χ0v) is 14.2. The predicted octanol–water partition coefficient (Wildman–Crippen LogP) is 3.39. The number of alkyl halides is 3. The minimum Gasteiger partial charge on any atom is -0.326 e. The highest BCUT2D eigenvalue weighted by Gasteiger charge is 2.34. The van der Waals surface area contributed by atoms with Crippen molar-refractivity contribution in [3.63, 3.8) is 0 Å². The summed E-state index contributed by atoms with van der Waals surface area (Å²) in [7, 11) is 0. The van der Waals surface area contributed by atoms with Gasteiger partial charge >= 0.3 is 6.18 Å². The van der Waals surface area contributed by atoms with E-state index in [0.717, 1.165) is 6.07 Å². The molecule has 1 N–H and O–H groups in total. The van der Waals surface area contributed by atoms with Crippen LogP contribution in [0.15, 0.2) is 34.2 Å². The lowest BCUT2D eigenvalue weighted by Crippen LogP contribution is -2.27. The molecular weight excluding hydrogens is 374 g/mol. The van der Waals surface area contributed by atoms with Gasteiger partial charge in [0.2, 0.25) is 5.91 Å². The molecule has 1 atom stereocenters. The van der Waals surface area contributed by atoms with Gasteiger partial charge in [-0.2, -0.15) is 13.2 Å². The number of anilines is 1. The van der Waals surface area contributed by atoms with Crippen molar-refractivity contribution in [2.75, 3.05) is 11.1 Å². The van der Waals surface area contributed by atoms with Gasteiger partial charge in [0.05, 0.1) is 11.6 Å². The third-order valence-electron chi connectivity index (χ3n) is 3.79. The summed E-state index contributed by atoms with van der Waals surface area (Å²) in [5, 5.41) is 2.83. The highest BCUT2D eigenvalue weighted by molar-refractivity contribution is 7.99. The molecule has 0 saturated heterocycles. The standard InChI is InChI=1S/C16H13F4N3O2S/c1-8-4-14(25)23-10(7-26-15(23)21-8)6-13(24)22-9-2-3-12(17)11(5-9)16(18,19)20/h2-5,10H,6-7H2,1H3,(H,22,24). The Kier molecular flexibility index (Phi) is 4.78. The Morgan fingerprint density at radius 3 is 2.81 bits per heavy atom. The third-order valence-corrected chi connectivity index (χ3v) is 4.89. The average Bonchev–Trinajstić information content (AvgIpc) is 2.90. The number of hydrogen-bond donors (Lipinski definition) is 1. The fourth-order valence-corrected chi connectivity index (χ4v) is 3.85. The van der Waals surface area contributed by atoms with Gasteiger partial charge in [0.25, 0.3) is 5.56 Å². The number of fused-ring (bicyclic) bond motifs is 1. The Balaban J connectivity index is 1.75. The lowest BCUT2D eigenvalue weighted by molar-refractivity contribution is -0.140. The van der Waals surface area contributed by atoms with Crippen LogP contribution in [0.5, 0.6) is 0 Å². The van der Waals surface area contributed by atoms with Crippen LogP contribution in [0.1, 0.15) is 23.7 Å². The van der Waals surface area contributed by atoms with Gasteiger partial charge in [0.15, 0.2) is 5.16 Å². The summed E-state index contributed by atoms with van der Waals surface area (Å²) in [5.41, 5.74) is -1.32. The van der Waals surface area contributed by atoms with E-state index >= 15 is 0 Å². The van der Waals surface area contributed by atoms with E-state index < -0.39 is 29.5 Å². The number of rotatable bonds is 3. The molecule has 1 unspecified atom stereocenters. The van der Waals surface area contributed by atoms with Crippen LogP contribution in [0.4, 0.5) is 23.2 Å². The van der Waals surface area contributed by atoms with Crippen LogP contribution >= 0.6 is 11.8 Å². The number of aryl methyl sites for hydroxylation is 1. The van der Waals surface area contributed by atoms with Gasteiger partial charge in [-0.25, -0.2) is 9.37 Å². The van der Waals surface area contributed by atoms with Crippen LogP contribution in [-0.4, -0.2) is 21.2 Å². The Bertz CT molecular complexity index is 927. The second-order valence-corrected chi connectivity index (χ2v) is 6.79. The van der Waals surface area contributed by atoms with E-state index in [1.165, 1.54) is 22.4 Å². The third kappa shape index (κ3) is 3.74. The van der Waals surface area contributed by atoms with Crippen molar-refractivity contribution in [1.29, 1.82) is 0 Å². The van der Waals surface area contributed by atoms with E-state index in [0.29, 0.717) is 28.7 Å². The van der Waals surface area contributed by atoms with Crippen molar-refractivity contribution in [2.24, 2.45) is 0 Å². The van der Waals surface area contributed by atoms with Crippen LogP contribution in [0.3, 0.4) is 0 Å². The number of benzene rings is 1. The van der Waals surface area contributed by atoms with Crippen LogP contribution in [0.25, 0.3) is 0 Å². The maximum Gasteiger partial charge on any atom is 0.419 e. The van der Waals surface area contributed by atoms with E-state index in [1.807, 2.05) is 0 Å². The Hall–Kier alpha value is -2.36. The molecule has 0 fully saturated rings. The number of nitrogens with zero attached hydrogens (tertiary/aromatic N) is 2. The van der Waals surface area contributed by atoms with Crippen LogP contribution < -0.4 is 10.9 Å². The van der Waals surface area contributed by atoms with Crippen molar-refractivity contribution in [2.45, 2.75) is 30.7 Å². The highest BCUT2D eigenvalue weighted by atomic mass is 32.2. The van der Waals surface area contributed by atoms with Crippen molar-refractivity contribution in [1.82, 2.24) is 9.55 Å². The monoisotopic (exact) mass is 387 g/mol.